The van der Waals surface area contributed by atoms with Crippen molar-refractivity contribution < 1.29 is 19.0 Å². The number of amides is 1. The predicted molar refractivity (Wildman–Crippen MR) is 98.6 cm³/mol. The van der Waals surface area contributed by atoms with Gasteiger partial charge < -0.3 is 19.5 Å². The van der Waals surface area contributed by atoms with Gasteiger partial charge in [0.25, 0.3) is 5.91 Å². The Hall–Kier alpha value is -3.48. The fourth-order valence-corrected chi connectivity index (χ4v) is 2.91. The van der Waals surface area contributed by atoms with Crippen molar-refractivity contribution in [1.82, 2.24) is 15.1 Å². The van der Waals surface area contributed by atoms with E-state index in [-0.39, 0.29) is 24.4 Å². The molecule has 1 N–H and O–H groups in total. The number of carbonyl (C=O) groups is 1. The molecule has 0 saturated carbocycles. The van der Waals surface area contributed by atoms with E-state index in [1.165, 1.54) is 7.11 Å². The predicted octanol–water partition coefficient (Wildman–Crippen LogP) is 3.10. The van der Waals surface area contributed by atoms with E-state index in [1.807, 2.05) is 55.5 Å². The fourth-order valence-electron chi connectivity index (χ4n) is 2.91. The Labute approximate surface area is 156 Å². The zero-order valence-corrected chi connectivity index (χ0v) is 15.0. The quantitative estimate of drug-likeness (QED) is 0.752. The van der Waals surface area contributed by atoms with Gasteiger partial charge in [0.05, 0.1) is 25.0 Å². The van der Waals surface area contributed by atoms with Crippen molar-refractivity contribution in [2.75, 3.05) is 13.9 Å². The molecule has 1 aromatic heterocycles. The number of rotatable bonds is 5. The van der Waals surface area contributed by atoms with Gasteiger partial charge in [0.15, 0.2) is 22.9 Å². The Balaban J connectivity index is 1.55. The molecule has 138 valence electrons. The van der Waals surface area contributed by atoms with Gasteiger partial charge in [0.2, 0.25) is 6.79 Å². The van der Waals surface area contributed by atoms with E-state index in [2.05, 4.69) is 10.4 Å². The molecule has 2 aromatic carbocycles. The second-order valence-electron chi connectivity index (χ2n) is 6.13. The smallest absolute Gasteiger partial charge is 0.276 e. The minimum atomic E-state index is -0.313. The number of nitrogens with zero attached hydrogens (tertiary/aromatic N) is 2. The van der Waals surface area contributed by atoms with Crippen LogP contribution in [0.2, 0.25) is 0 Å². The van der Waals surface area contributed by atoms with E-state index in [0.29, 0.717) is 17.2 Å². The summed E-state index contributed by atoms with van der Waals surface area (Å²) < 4.78 is 17.7. The van der Waals surface area contributed by atoms with Crippen LogP contribution in [0.3, 0.4) is 0 Å². The van der Waals surface area contributed by atoms with E-state index in [9.17, 15) is 4.79 Å². The average molecular weight is 365 g/mol. The lowest BCUT2D eigenvalue weighted by atomic mass is 10.1. The first-order chi connectivity index (χ1) is 13.2. The van der Waals surface area contributed by atoms with Crippen LogP contribution in [0, 0.1) is 0 Å². The van der Waals surface area contributed by atoms with Gasteiger partial charge >= 0.3 is 0 Å². The van der Waals surface area contributed by atoms with Gasteiger partial charge in [-0.3, -0.25) is 4.79 Å². The van der Waals surface area contributed by atoms with E-state index >= 15 is 0 Å². The largest absolute Gasteiger partial charge is 0.493 e. The molecule has 0 saturated heterocycles. The van der Waals surface area contributed by atoms with E-state index < -0.39 is 0 Å². The van der Waals surface area contributed by atoms with Crippen LogP contribution in [-0.2, 0) is 0 Å². The Morgan fingerprint density at radius 3 is 2.74 bits per heavy atom. The Morgan fingerprint density at radius 1 is 1.19 bits per heavy atom. The van der Waals surface area contributed by atoms with Crippen LogP contribution in [0.15, 0.2) is 54.7 Å². The van der Waals surface area contributed by atoms with E-state index in [1.54, 1.807) is 10.9 Å². The molecule has 1 aliphatic heterocycles. The molecule has 0 unspecified atom stereocenters. The molecule has 3 aromatic rings. The van der Waals surface area contributed by atoms with Crippen LogP contribution in [0.25, 0.3) is 5.69 Å². The summed E-state index contributed by atoms with van der Waals surface area (Å²) in [6.07, 6.45) is 1.69. The maximum atomic E-state index is 12.8. The second-order valence-corrected chi connectivity index (χ2v) is 6.13. The lowest BCUT2D eigenvalue weighted by molar-refractivity contribution is 0.0931. The number of para-hydroxylation sites is 1. The molecule has 0 radical (unpaired) electrons. The van der Waals surface area contributed by atoms with Crippen molar-refractivity contribution in [1.29, 1.82) is 0 Å². The molecule has 1 amide bonds. The third-order valence-corrected chi connectivity index (χ3v) is 4.38. The molecular formula is C20H19N3O4. The molecule has 1 aliphatic rings. The summed E-state index contributed by atoms with van der Waals surface area (Å²) >= 11 is 0. The van der Waals surface area contributed by atoms with Gasteiger partial charge in [-0.05, 0) is 36.8 Å². The molecule has 0 bridgehead atoms. The van der Waals surface area contributed by atoms with Crippen molar-refractivity contribution in [3.8, 4) is 22.9 Å². The van der Waals surface area contributed by atoms with Crippen molar-refractivity contribution in [2.24, 2.45) is 0 Å². The van der Waals surface area contributed by atoms with Crippen molar-refractivity contribution >= 4 is 5.91 Å². The normalized spacial score (nSPS) is 13.3. The topological polar surface area (TPSA) is 74.6 Å². The van der Waals surface area contributed by atoms with Crippen LogP contribution in [-0.4, -0.2) is 29.6 Å². The molecule has 0 spiro atoms. The minimum Gasteiger partial charge on any atom is -0.493 e. The van der Waals surface area contributed by atoms with Gasteiger partial charge in [-0.1, -0.05) is 24.3 Å². The lowest BCUT2D eigenvalue weighted by Crippen LogP contribution is -2.27. The number of hydrogen-bond donors (Lipinski definition) is 1. The molecule has 7 heteroatoms. The van der Waals surface area contributed by atoms with Crippen LogP contribution >= 0.6 is 0 Å². The first-order valence-corrected chi connectivity index (χ1v) is 8.55. The summed E-state index contributed by atoms with van der Waals surface area (Å²) in [4.78, 5) is 12.8. The standard InChI is InChI=1S/C20H19N3O4/c1-13(14-8-9-16-17(10-14)27-12-26-16)21-20(24)19-18(25-2)11-23(22-19)15-6-4-3-5-7-15/h3-11,13H,12H2,1-2H3,(H,21,24)/t13-/m0/s1. The number of carbonyl (C=O) groups excluding carboxylic acids is 1. The Kier molecular flexibility index (Phi) is 4.42. The second kappa shape index (κ2) is 7.03. The molecule has 7 nitrogen and oxygen atoms in total. The molecular weight excluding hydrogens is 346 g/mol. The first-order valence-electron chi connectivity index (χ1n) is 8.55. The SMILES string of the molecule is COc1cn(-c2ccccc2)nc1C(=O)N[C@@H](C)c1ccc2c(c1)OCO2. The highest BCUT2D eigenvalue weighted by Gasteiger charge is 2.22. The number of hydrogen-bond acceptors (Lipinski definition) is 5. The summed E-state index contributed by atoms with van der Waals surface area (Å²) in [5.41, 5.74) is 1.99. The molecule has 0 aliphatic carbocycles. The lowest BCUT2D eigenvalue weighted by Gasteiger charge is -2.14. The maximum Gasteiger partial charge on any atom is 0.276 e. The zero-order chi connectivity index (χ0) is 18.8. The fraction of sp³-hybridized carbons (Fsp3) is 0.200. The number of ether oxygens (including phenoxy) is 3. The van der Waals surface area contributed by atoms with Gasteiger partial charge in [0, 0.05) is 0 Å². The maximum absolute atomic E-state index is 12.8. The third-order valence-electron chi connectivity index (χ3n) is 4.38. The van der Waals surface area contributed by atoms with Gasteiger partial charge in [-0.2, -0.15) is 5.10 Å². The van der Waals surface area contributed by atoms with Crippen molar-refractivity contribution in [2.45, 2.75) is 13.0 Å². The average Bonchev–Trinajstić information content (AvgIpc) is 3.34. The summed E-state index contributed by atoms with van der Waals surface area (Å²) in [7, 11) is 1.52. The highest BCUT2D eigenvalue weighted by Crippen LogP contribution is 2.34. The van der Waals surface area contributed by atoms with Gasteiger partial charge in [0.1, 0.15) is 0 Å². The van der Waals surface area contributed by atoms with E-state index in [0.717, 1.165) is 11.3 Å². The molecule has 1 atom stereocenters. The number of aromatic nitrogens is 2. The van der Waals surface area contributed by atoms with Gasteiger partial charge in [-0.25, -0.2) is 4.68 Å². The molecule has 2 heterocycles. The number of methoxy groups -OCH3 is 1. The summed E-state index contributed by atoms with van der Waals surface area (Å²) in [5, 5.41) is 7.34. The first kappa shape index (κ1) is 17.0. The zero-order valence-electron chi connectivity index (χ0n) is 15.0. The summed E-state index contributed by atoms with van der Waals surface area (Å²) in [5.74, 6) is 1.49. The summed E-state index contributed by atoms with van der Waals surface area (Å²) in [6.45, 7) is 2.11. The van der Waals surface area contributed by atoms with Crippen LogP contribution < -0.4 is 19.5 Å². The highest BCUT2D eigenvalue weighted by molar-refractivity contribution is 5.95. The Morgan fingerprint density at radius 2 is 1.96 bits per heavy atom. The van der Waals surface area contributed by atoms with Gasteiger partial charge in [-0.15, -0.1) is 0 Å². The van der Waals surface area contributed by atoms with Crippen LogP contribution in [0.5, 0.6) is 17.2 Å². The minimum absolute atomic E-state index is 0.216. The Bertz CT molecular complexity index is 969. The highest BCUT2D eigenvalue weighted by atomic mass is 16.7. The number of nitrogens with one attached hydrogen (secondary N) is 1. The van der Waals surface area contributed by atoms with E-state index in [4.69, 9.17) is 14.2 Å². The van der Waals surface area contributed by atoms with Crippen molar-refractivity contribution in [3.05, 3.63) is 66.0 Å². The monoisotopic (exact) mass is 365 g/mol. The molecule has 27 heavy (non-hydrogen) atoms. The van der Waals surface area contributed by atoms with Crippen LogP contribution in [0.1, 0.15) is 29.0 Å². The van der Waals surface area contributed by atoms with Crippen molar-refractivity contribution in [3.63, 3.8) is 0 Å². The third kappa shape index (κ3) is 3.31. The van der Waals surface area contributed by atoms with Crippen LogP contribution in [0.4, 0.5) is 0 Å². The molecule has 0 fully saturated rings. The molecule has 4 rings (SSSR count). The number of fused-ring (bicyclic) bond motifs is 1. The summed E-state index contributed by atoms with van der Waals surface area (Å²) in [6, 6.07) is 14.9. The number of benzene rings is 2.